The van der Waals surface area contributed by atoms with Crippen molar-refractivity contribution in [3.05, 3.63) is 121 Å². The number of amides is 2. The average molecular weight is 628 g/mol. The van der Waals surface area contributed by atoms with Crippen LogP contribution in [0.15, 0.2) is 110 Å². The van der Waals surface area contributed by atoms with Crippen molar-refractivity contribution in [3.8, 4) is 16.9 Å². The minimum Gasteiger partial charge on any atom is -0.409 e. The molecule has 10 heteroatoms. The maximum Gasteiger partial charge on any atom is 0.425 e. The second-order valence-electron chi connectivity index (χ2n) is 11.5. The number of hydrogen-bond donors (Lipinski definition) is 2. The van der Waals surface area contributed by atoms with Gasteiger partial charge in [-0.2, -0.15) is 0 Å². The number of ether oxygens (including phenoxy) is 1. The van der Waals surface area contributed by atoms with E-state index < -0.39 is 6.09 Å². The van der Waals surface area contributed by atoms with Gasteiger partial charge in [0, 0.05) is 49.3 Å². The predicted molar refractivity (Wildman–Crippen MR) is 186 cm³/mol. The third kappa shape index (κ3) is 7.23. The maximum atomic E-state index is 14.2. The zero-order valence-corrected chi connectivity index (χ0v) is 26.5. The molecule has 1 aromatic heterocycles. The molecule has 0 spiro atoms. The number of benzene rings is 4. The third-order valence-corrected chi connectivity index (χ3v) is 8.20. The number of aromatic nitrogens is 2. The normalized spacial score (nSPS) is 13.2. The Balaban J connectivity index is 1.37. The van der Waals surface area contributed by atoms with E-state index in [4.69, 9.17) is 10.5 Å². The lowest BCUT2D eigenvalue weighted by Crippen LogP contribution is -2.48. The zero-order valence-electron chi connectivity index (χ0n) is 26.5. The van der Waals surface area contributed by atoms with E-state index in [1.54, 1.807) is 12.3 Å². The lowest BCUT2D eigenvalue weighted by atomic mass is 10.0. The fourth-order valence-electron chi connectivity index (χ4n) is 5.82. The van der Waals surface area contributed by atoms with Crippen molar-refractivity contribution in [1.29, 1.82) is 0 Å². The van der Waals surface area contributed by atoms with Crippen molar-refractivity contribution in [2.45, 2.75) is 13.8 Å². The summed E-state index contributed by atoms with van der Waals surface area (Å²) in [7, 11) is 0. The number of primary amides is 1. The number of piperazine rings is 1. The van der Waals surface area contributed by atoms with Gasteiger partial charge >= 0.3 is 6.09 Å². The molecule has 1 fully saturated rings. The Kier molecular flexibility index (Phi) is 9.40. The van der Waals surface area contributed by atoms with E-state index in [1.165, 1.54) is 11.2 Å². The van der Waals surface area contributed by atoms with Crippen LogP contribution >= 0.6 is 0 Å². The molecule has 1 aliphatic rings. The molecule has 47 heavy (non-hydrogen) atoms. The maximum absolute atomic E-state index is 14.2. The third-order valence-electron chi connectivity index (χ3n) is 8.20. The highest BCUT2D eigenvalue weighted by Gasteiger charge is 2.27. The minimum absolute atomic E-state index is 0.282. The van der Waals surface area contributed by atoms with Crippen LogP contribution in [0.5, 0.6) is 5.75 Å². The summed E-state index contributed by atoms with van der Waals surface area (Å²) in [5, 5.41) is 3.62. The van der Waals surface area contributed by atoms with E-state index in [1.807, 2.05) is 92.7 Å². The number of aryl methyl sites for hydroxylation is 2. The van der Waals surface area contributed by atoms with Gasteiger partial charge in [0.25, 0.3) is 0 Å². The van der Waals surface area contributed by atoms with Crippen molar-refractivity contribution >= 4 is 40.6 Å². The summed E-state index contributed by atoms with van der Waals surface area (Å²) in [6, 6.07) is 31.5. The fraction of sp³-hybridized carbons (Fsp3) is 0.189. The first-order valence-electron chi connectivity index (χ1n) is 15.5. The van der Waals surface area contributed by atoms with Gasteiger partial charge in [-0.05, 0) is 66.9 Å². The molecule has 238 valence electrons. The summed E-state index contributed by atoms with van der Waals surface area (Å²) in [6.45, 7) is 7.26. The SMILES string of the molecule is Cc1cccc(C)c1OC(=O)N(c1ccncn1)c1cccc(-c2ccccc2)c1Nc1ccc(N2CCN(CC(N)=O)CC2)cc1. The second-order valence-corrected chi connectivity index (χ2v) is 11.5. The molecule has 0 aliphatic carbocycles. The molecule has 4 aromatic carbocycles. The number of carbonyl (C=O) groups is 2. The Morgan fingerprint density at radius 1 is 0.851 bits per heavy atom. The van der Waals surface area contributed by atoms with Crippen LogP contribution in [-0.4, -0.2) is 59.6 Å². The van der Waals surface area contributed by atoms with Crippen LogP contribution in [-0.2, 0) is 4.79 Å². The van der Waals surface area contributed by atoms with Gasteiger partial charge in [-0.1, -0.05) is 60.7 Å². The van der Waals surface area contributed by atoms with Gasteiger partial charge in [0.2, 0.25) is 5.91 Å². The Morgan fingerprint density at radius 3 is 2.21 bits per heavy atom. The van der Waals surface area contributed by atoms with E-state index >= 15 is 0 Å². The van der Waals surface area contributed by atoms with Crippen molar-refractivity contribution in [1.82, 2.24) is 14.9 Å². The molecule has 5 aromatic rings. The van der Waals surface area contributed by atoms with Gasteiger partial charge in [0.1, 0.15) is 17.9 Å². The number of hydrogen-bond acceptors (Lipinski definition) is 8. The van der Waals surface area contributed by atoms with Gasteiger partial charge < -0.3 is 20.7 Å². The van der Waals surface area contributed by atoms with Gasteiger partial charge in [-0.15, -0.1) is 0 Å². The molecule has 6 rings (SSSR count). The van der Waals surface area contributed by atoms with Crippen LogP contribution in [0.3, 0.4) is 0 Å². The molecule has 0 saturated carbocycles. The number of nitrogens with zero attached hydrogens (tertiary/aromatic N) is 5. The molecular formula is C37H37N7O3. The van der Waals surface area contributed by atoms with E-state index in [9.17, 15) is 9.59 Å². The first-order chi connectivity index (χ1) is 22.9. The van der Waals surface area contributed by atoms with Crippen LogP contribution in [0.4, 0.5) is 33.4 Å². The summed E-state index contributed by atoms with van der Waals surface area (Å²) in [5.41, 5.74) is 12.2. The number of nitrogens with two attached hydrogens (primary N) is 1. The summed E-state index contributed by atoms with van der Waals surface area (Å²) in [6.07, 6.45) is 2.41. The topological polar surface area (TPSA) is 117 Å². The minimum atomic E-state index is -0.597. The van der Waals surface area contributed by atoms with E-state index in [2.05, 4.69) is 37.2 Å². The molecule has 1 saturated heterocycles. The van der Waals surface area contributed by atoms with Crippen molar-refractivity contribution in [3.63, 3.8) is 0 Å². The largest absolute Gasteiger partial charge is 0.425 e. The van der Waals surface area contributed by atoms with Gasteiger partial charge in [0.15, 0.2) is 0 Å². The van der Waals surface area contributed by atoms with Crippen molar-refractivity contribution in [2.24, 2.45) is 5.73 Å². The molecule has 1 aliphatic heterocycles. The highest BCUT2D eigenvalue weighted by atomic mass is 16.6. The van der Waals surface area contributed by atoms with Crippen molar-refractivity contribution < 1.29 is 14.3 Å². The van der Waals surface area contributed by atoms with Gasteiger partial charge in [-0.25, -0.2) is 19.7 Å². The average Bonchev–Trinajstić information content (AvgIpc) is 3.08. The highest BCUT2D eigenvalue weighted by molar-refractivity contribution is 6.03. The Bertz CT molecular complexity index is 1820. The zero-order chi connectivity index (χ0) is 32.8. The molecule has 0 atom stereocenters. The van der Waals surface area contributed by atoms with E-state index in [-0.39, 0.29) is 12.5 Å². The van der Waals surface area contributed by atoms with Gasteiger partial charge in [0.05, 0.1) is 17.9 Å². The number of para-hydroxylation sites is 2. The molecule has 10 nitrogen and oxygen atoms in total. The summed E-state index contributed by atoms with van der Waals surface area (Å²) in [4.78, 5) is 39.9. The lowest BCUT2D eigenvalue weighted by Gasteiger charge is -2.35. The van der Waals surface area contributed by atoms with Crippen molar-refractivity contribution in [2.75, 3.05) is 47.8 Å². The van der Waals surface area contributed by atoms with Crippen LogP contribution in [0.1, 0.15) is 11.1 Å². The van der Waals surface area contributed by atoms with Crippen LogP contribution in [0.2, 0.25) is 0 Å². The van der Waals surface area contributed by atoms with E-state index in [0.29, 0.717) is 22.9 Å². The molecule has 2 amide bonds. The molecule has 0 unspecified atom stereocenters. The Hall–Kier alpha value is -5.74. The molecule has 0 radical (unpaired) electrons. The first-order valence-corrected chi connectivity index (χ1v) is 15.5. The summed E-state index contributed by atoms with van der Waals surface area (Å²) in [5.74, 6) is 0.576. The fourth-order valence-corrected chi connectivity index (χ4v) is 5.82. The van der Waals surface area contributed by atoms with Crippen LogP contribution in [0, 0.1) is 13.8 Å². The second kappa shape index (κ2) is 14.1. The molecule has 3 N–H and O–H groups in total. The number of rotatable bonds is 9. The molecule has 0 bridgehead atoms. The molecule has 2 heterocycles. The predicted octanol–water partition coefficient (Wildman–Crippen LogP) is 6.45. The summed E-state index contributed by atoms with van der Waals surface area (Å²) < 4.78 is 6.07. The first kappa shape index (κ1) is 31.3. The standard InChI is InChI=1S/C37H37N7O3/c1-26-8-6-9-27(2)36(26)47-37(46)44(34-18-19-39-25-40-34)32-13-7-12-31(28-10-4-3-5-11-28)35(32)41-29-14-16-30(17-15-29)43-22-20-42(21-23-43)24-33(38)45/h3-19,25,41H,20-24H2,1-2H3,(H2,38,45). The Morgan fingerprint density at radius 2 is 1.55 bits per heavy atom. The number of nitrogens with one attached hydrogen (secondary N) is 1. The highest BCUT2D eigenvalue weighted by Crippen LogP contribution is 2.41. The number of anilines is 5. The van der Waals surface area contributed by atoms with Gasteiger partial charge in [-0.3, -0.25) is 9.69 Å². The van der Waals surface area contributed by atoms with E-state index in [0.717, 1.165) is 59.8 Å². The van der Waals surface area contributed by atoms with Crippen LogP contribution < -0.4 is 25.6 Å². The van der Waals surface area contributed by atoms with Crippen LogP contribution in [0.25, 0.3) is 11.1 Å². The molecular weight excluding hydrogens is 590 g/mol. The monoisotopic (exact) mass is 627 g/mol. The smallest absolute Gasteiger partial charge is 0.409 e. The lowest BCUT2D eigenvalue weighted by molar-refractivity contribution is -0.119. The number of carbonyl (C=O) groups excluding carboxylic acids is 2. The quantitative estimate of drug-likeness (QED) is 0.192. The summed E-state index contributed by atoms with van der Waals surface area (Å²) >= 11 is 0. The Labute approximate surface area is 274 Å².